The third-order valence-corrected chi connectivity index (χ3v) is 1.77. The van der Waals surface area contributed by atoms with Crippen molar-refractivity contribution in [2.24, 2.45) is 0 Å². The first-order chi connectivity index (χ1) is 5.24. The molecule has 1 heterocycles. The van der Waals surface area contributed by atoms with Crippen LogP contribution in [0.3, 0.4) is 0 Å². The summed E-state index contributed by atoms with van der Waals surface area (Å²) >= 11 is 3.16. The normalized spacial score (nSPS) is 9.64. The largest absolute Gasteiger partial charge is 0.469 e. The number of ether oxygens (including phenoxy) is 1. The molecule has 0 fully saturated rings. The zero-order valence-electron chi connectivity index (χ0n) is 5.83. The van der Waals surface area contributed by atoms with E-state index < -0.39 is 0 Å². The van der Waals surface area contributed by atoms with Gasteiger partial charge >= 0.3 is 5.97 Å². The summed E-state index contributed by atoms with van der Waals surface area (Å²) in [6.45, 7) is 0. The lowest BCUT2D eigenvalue weighted by Crippen LogP contribution is -2.03. The van der Waals surface area contributed by atoms with Crippen LogP contribution in [-0.2, 0) is 16.0 Å². The molecule has 0 aromatic carbocycles. The second kappa shape index (κ2) is 3.52. The molecular weight excluding hydrogens is 214 g/mol. The predicted molar refractivity (Wildman–Crippen MR) is 39.9 cm³/mol. The van der Waals surface area contributed by atoms with Crippen molar-refractivity contribution in [3.63, 3.8) is 0 Å². The number of hydrogen-bond donors (Lipinski definition) is 0. The SMILES string of the molecule is COC(=O)Cc1oncc1Br. The van der Waals surface area contributed by atoms with E-state index in [4.69, 9.17) is 4.52 Å². The standard InChI is InChI=1S/C6H6BrNO3/c1-10-6(9)2-5-4(7)3-8-11-5/h3H,2H2,1H3. The average Bonchev–Trinajstić information content (AvgIpc) is 2.37. The lowest BCUT2D eigenvalue weighted by atomic mass is 10.3. The van der Waals surface area contributed by atoms with Gasteiger partial charge in [-0.3, -0.25) is 4.79 Å². The molecule has 0 saturated heterocycles. The predicted octanol–water partition coefficient (Wildman–Crippen LogP) is 1.15. The maximum atomic E-state index is 10.7. The van der Waals surface area contributed by atoms with Crippen molar-refractivity contribution >= 4 is 21.9 Å². The van der Waals surface area contributed by atoms with Gasteiger partial charge in [0.25, 0.3) is 0 Å². The van der Waals surface area contributed by atoms with E-state index >= 15 is 0 Å². The van der Waals surface area contributed by atoms with Crippen LogP contribution in [-0.4, -0.2) is 18.2 Å². The van der Waals surface area contributed by atoms with E-state index in [1.807, 2.05) is 0 Å². The molecule has 0 aliphatic carbocycles. The van der Waals surface area contributed by atoms with Gasteiger partial charge in [0.05, 0.1) is 17.8 Å². The Morgan fingerprint density at radius 3 is 3.09 bits per heavy atom. The van der Waals surface area contributed by atoms with Gasteiger partial charge < -0.3 is 9.26 Å². The van der Waals surface area contributed by atoms with Crippen molar-refractivity contribution in [1.29, 1.82) is 0 Å². The summed E-state index contributed by atoms with van der Waals surface area (Å²) in [7, 11) is 1.33. The third kappa shape index (κ3) is 2.04. The fourth-order valence-corrected chi connectivity index (χ4v) is 0.868. The lowest BCUT2D eigenvalue weighted by molar-refractivity contribution is -0.140. The van der Waals surface area contributed by atoms with Gasteiger partial charge in [-0.05, 0) is 15.9 Å². The van der Waals surface area contributed by atoms with Gasteiger partial charge in [-0.15, -0.1) is 0 Å². The maximum Gasteiger partial charge on any atom is 0.313 e. The Morgan fingerprint density at radius 2 is 2.64 bits per heavy atom. The van der Waals surface area contributed by atoms with E-state index in [0.29, 0.717) is 10.2 Å². The molecule has 1 aromatic heterocycles. The highest BCUT2D eigenvalue weighted by atomic mass is 79.9. The molecule has 0 bridgehead atoms. The molecule has 0 aliphatic rings. The summed E-state index contributed by atoms with van der Waals surface area (Å²) in [5.74, 6) is 0.138. The van der Waals surface area contributed by atoms with E-state index in [1.54, 1.807) is 0 Å². The van der Waals surface area contributed by atoms with E-state index in [-0.39, 0.29) is 12.4 Å². The highest BCUT2D eigenvalue weighted by Gasteiger charge is 2.10. The first-order valence-electron chi connectivity index (χ1n) is 2.90. The van der Waals surface area contributed by atoms with Crippen molar-refractivity contribution < 1.29 is 14.1 Å². The number of methoxy groups -OCH3 is 1. The van der Waals surface area contributed by atoms with Gasteiger partial charge in [0, 0.05) is 0 Å². The molecular formula is C6H6BrNO3. The number of hydrogen-bond acceptors (Lipinski definition) is 4. The third-order valence-electron chi connectivity index (χ3n) is 1.13. The quantitative estimate of drug-likeness (QED) is 0.701. The Labute approximate surface area is 71.6 Å². The Kier molecular flexibility index (Phi) is 2.64. The minimum absolute atomic E-state index is 0.108. The number of halogens is 1. The minimum Gasteiger partial charge on any atom is -0.469 e. The van der Waals surface area contributed by atoms with E-state index in [1.165, 1.54) is 13.3 Å². The van der Waals surface area contributed by atoms with Crippen molar-refractivity contribution in [3.05, 3.63) is 16.4 Å². The molecule has 0 N–H and O–H groups in total. The Balaban J connectivity index is 2.64. The first kappa shape index (κ1) is 8.26. The number of rotatable bonds is 2. The zero-order valence-corrected chi connectivity index (χ0v) is 7.42. The maximum absolute atomic E-state index is 10.7. The molecule has 60 valence electrons. The van der Waals surface area contributed by atoms with E-state index in [2.05, 4.69) is 25.8 Å². The second-order valence-electron chi connectivity index (χ2n) is 1.85. The number of carbonyl (C=O) groups is 1. The molecule has 0 atom stereocenters. The number of nitrogens with zero attached hydrogens (tertiary/aromatic N) is 1. The van der Waals surface area contributed by atoms with Gasteiger partial charge in [0.2, 0.25) is 0 Å². The van der Waals surface area contributed by atoms with Gasteiger partial charge in [-0.25, -0.2) is 0 Å². The summed E-state index contributed by atoms with van der Waals surface area (Å²) in [5.41, 5.74) is 0. The molecule has 1 aromatic rings. The van der Waals surface area contributed by atoms with Crippen molar-refractivity contribution in [1.82, 2.24) is 5.16 Å². The number of carbonyl (C=O) groups excluding carboxylic acids is 1. The second-order valence-corrected chi connectivity index (χ2v) is 2.70. The summed E-state index contributed by atoms with van der Waals surface area (Å²) < 4.78 is 9.85. The Morgan fingerprint density at radius 1 is 1.91 bits per heavy atom. The minimum atomic E-state index is -0.345. The monoisotopic (exact) mass is 219 g/mol. The number of esters is 1. The fraction of sp³-hybridized carbons (Fsp3) is 0.333. The summed E-state index contributed by atoms with van der Waals surface area (Å²) in [5, 5.41) is 3.48. The van der Waals surface area contributed by atoms with Crippen LogP contribution in [0.25, 0.3) is 0 Å². The highest BCUT2D eigenvalue weighted by Crippen LogP contribution is 2.15. The van der Waals surface area contributed by atoms with Crippen molar-refractivity contribution in [2.75, 3.05) is 7.11 Å². The first-order valence-corrected chi connectivity index (χ1v) is 3.69. The number of aromatic nitrogens is 1. The molecule has 0 unspecified atom stereocenters. The van der Waals surface area contributed by atoms with Gasteiger partial charge in [0.15, 0.2) is 5.76 Å². The van der Waals surface area contributed by atoms with E-state index in [9.17, 15) is 4.79 Å². The fourth-order valence-electron chi connectivity index (χ4n) is 0.572. The van der Waals surface area contributed by atoms with Crippen molar-refractivity contribution in [2.45, 2.75) is 6.42 Å². The summed E-state index contributed by atoms with van der Waals surface area (Å²) in [4.78, 5) is 10.7. The molecule has 1 rings (SSSR count). The molecule has 0 amide bonds. The van der Waals surface area contributed by atoms with Crippen LogP contribution in [0.2, 0.25) is 0 Å². The molecule has 0 radical (unpaired) electrons. The van der Waals surface area contributed by atoms with Crippen LogP contribution < -0.4 is 0 Å². The highest BCUT2D eigenvalue weighted by molar-refractivity contribution is 9.10. The molecule has 0 aliphatic heterocycles. The summed E-state index contributed by atoms with van der Waals surface area (Å²) in [6.07, 6.45) is 1.59. The molecule has 5 heteroatoms. The molecule has 0 spiro atoms. The molecule has 4 nitrogen and oxygen atoms in total. The topological polar surface area (TPSA) is 52.3 Å². The van der Waals surface area contributed by atoms with Gasteiger partial charge in [-0.2, -0.15) is 0 Å². The smallest absolute Gasteiger partial charge is 0.313 e. The van der Waals surface area contributed by atoms with E-state index in [0.717, 1.165) is 0 Å². The van der Waals surface area contributed by atoms with Crippen LogP contribution in [0.15, 0.2) is 15.2 Å². The molecule has 11 heavy (non-hydrogen) atoms. The van der Waals surface area contributed by atoms with Crippen LogP contribution in [0.4, 0.5) is 0 Å². The average molecular weight is 220 g/mol. The van der Waals surface area contributed by atoms with Crippen molar-refractivity contribution in [3.8, 4) is 0 Å². The van der Waals surface area contributed by atoms with Crippen LogP contribution in [0, 0.1) is 0 Å². The Bertz CT molecular complexity index is 258. The summed E-state index contributed by atoms with van der Waals surface area (Å²) in [6, 6.07) is 0. The zero-order chi connectivity index (χ0) is 8.27. The molecule has 0 saturated carbocycles. The van der Waals surface area contributed by atoms with Crippen LogP contribution in [0.5, 0.6) is 0 Å². The van der Waals surface area contributed by atoms with Gasteiger partial charge in [-0.1, -0.05) is 5.16 Å². The van der Waals surface area contributed by atoms with Crippen LogP contribution >= 0.6 is 15.9 Å². The lowest BCUT2D eigenvalue weighted by Gasteiger charge is -1.93. The van der Waals surface area contributed by atoms with Gasteiger partial charge in [0.1, 0.15) is 6.42 Å². The Hall–Kier alpha value is -0.840. The van der Waals surface area contributed by atoms with Crippen LogP contribution in [0.1, 0.15) is 5.76 Å².